The fraction of sp³-hybridized carbons (Fsp3) is 0.909. The van der Waals surface area contributed by atoms with Crippen LogP contribution in [0.4, 0.5) is 0 Å². The van der Waals surface area contributed by atoms with Crippen molar-refractivity contribution in [1.29, 1.82) is 0 Å². The van der Waals surface area contributed by atoms with Crippen LogP contribution in [0.5, 0.6) is 0 Å². The minimum Gasteiger partial charge on any atom is -0.299 e. The van der Waals surface area contributed by atoms with E-state index in [2.05, 4.69) is 6.92 Å². The average molecular weight is 168 g/mol. The Morgan fingerprint density at radius 2 is 1.83 bits per heavy atom. The number of rotatable bonds is 2. The molecule has 0 radical (unpaired) electrons. The molecule has 1 nitrogen and oxygen atoms in total. The molecule has 0 aromatic rings. The van der Waals surface area contributed by atoms with E-state index >= 15 is 0 Å². The molecule has 0 bridgehead atoms. The van der Waals surface area contributed by atoms with Gasteiger partial charge in [0.25, 0.3) is 0 Å². The zero-order valence-corrected chi connectivity index (χ0v) is 8.47. The Bertz CT molecular complexity index is 160. The summed E-state index contributed by atoms with van der Waals surface area (Å²) in [5, 5.41) is 0. The summed E-state index contributed by atoms with van der Waals surface area (Å²) in [7, 11) is 0. The molecule has 12 heavy (non-hydrogen) atoms. The molecule has 1 saturated carbocycles. The quantitative estimate of drug-likeness (QED) is 0.619. The fourth-order valence-electron chi connectivity index (χ4n) is 2.17. The highest BCUT2D eigenvalue weighted by molar-refractivity contribution is 5.83. The number of Topliss-reactive ketones (excluding diaryl/α,β-unsaturated/α-hetero) is 1. The van der Waals surface area contributed by atoms with E-state index in [9.17, 15) is 4.79 Å². The van der Waals surface area contributed by atoms with Gasteiger partial charge in [0.05, 0.1) is 0 Å². The topological polar surface area (TPSA) is 17.1 Å². The summed E-state index contributed by atoms with van der Waals surface area (Å²) in [5.74, 6) is 1.73. The Kier molecular flexibility index (Phi) is 3.30. The highest BCUT2D eigenvalue weighted by atomic mass is 16.1. The summed E-state index contributed by atoms with van der Waals surface area (Å²) >= 11 is 0. The van der Waals surface area contributed by atoms with Crippen molar-refractivity contribution in [2.24, 2.45) is 17.8 Å². The Morgan fingerprint density at radius 3 is 2.33 bits per heavy atom. The summed E-state index contributed by atoms with van der Waals surface area (Å²) in [4.78, 5) is 11.7. The lowest BCUT2D eigenvalue weighted by atomic mass is 9.75. The van der Waals surface area contributed by atoms with Crippen molar-refractivity contribution in [1.82, 2.24) is 0 Å². The largest absolute Gasteiger partial charge is 0.299 e. The average Bonchev–Trinajstić information content (AvgIpc) is 2.04. The molecule has 1 rings (SSSR count). The van der Waals surface area contributed by atoms with Crippen molar-refractivity contribution in [3.05, 3.63) is 0 Å². The molecule has 1 aliphatic carbocycles. The SMILES string of the molecule is CC(C)C(=O)C1CCCCC1C. The predicted molar refractivity (Wildman–Crippen MR) is 51.0 cm³/mol. The maximum atomic E-state index is 11.7. The lowest BCUT2D eigenvalue weighted by molar-refractivity contribution is -0.128. The summed E-state index contributed by atoms with van der Waals surface area (Å²) < 4.78 is 0. The van der Waals surface area contributed by atoms with Crippen LogP contribution in [0.25, 0.3) is 0 Å². The van der Waals surface area contributed by atoms with Crippen LogP contribution in [0.15, 0.2) is 0 Å². The number of hydrogen-bond acceptors (Lipinski definition) is 1. The van der Waals surface area contributed by atoms with Crippen molar-refractivity contribution in [2.45, 2.75) is 46.5 Å². The first-order valence-corrected chi connectivity index (χ1v) is 5.16. The van der Waals surface area contributed by atoms with Crippen molar-refractivity contribution in [3.8, 4) is 0 Å². The minimum absolute atomic E-state index is 0.232. The van der Waals surface area contributed by atoms with Gasteiger partial charge in [-0.2, -0.15) is 0 Å². The lowest BCUT2D eigenvalue weighted by Crippen LogP contribution is -2.28. The monoisotopic (exact) mass is 168 g/mol. The molecular weight excluding hydrogens is 148 g/mol. The molecule has 0 aliphatic heterocycles. The van der Waals surface area contributed by atoms with Crippen molar-refractivity contribution < 1.29 is 4.79 Å². The van der Waals surface area contributed by atoms with Gasteiger partial charge in [-0.3, -0.25) is 4.79 Å². The minimum atomic E-state index is 0.232. The summed E-state index contributed by atoms with van der Waals surface area (Å²) in [6.45, 7) is 6.26. The van der Waals surface area contributed by atoms with Gasteiger partial charge in [0, 0.05) is 11.8 Å². The van der Waals surface area contributed by atoms with E-state index in [1.54, 1.807) is 0 Å². The van der Waals surface area contributed by atoms with Crippen molar-refractivity contribution in [2.75, 3.05) is 0 Å². The molecule has 0 amide bonds. The molecule has 0 aromatic carbocycles. The van der Waals surface area contributed by atoms with Crippen LogP contribution < -0.4 is 0 Å². The van der Waals surface area contributed by atoms with E-state index in [0.29, 0.717) is 17.6 Å². The van der Waals surface area contributed by atoms with Crippen molar-refractivity contribution >= 4 is 5.78 Å². The molecule has 2 unspecified atom stereocenters. The van der Waals surface area contributed by atoms with Gasteiger partial charge in [-0.1, -0.05) is 40.0 Å². The third-order valence-electron chi connectivity index (χ3n) is 3.05. The van der Waals surface area contributed by atoms with Crippen LogP contribution in [0, 0.1) is 17.8 Å². The molecule has 70 valence electrons. The van der Waals surface area contributed by atoms with Gasteiger partial charge < -0.3 is 0 Å². The van der Waals surface area contributed by atoms with Gasteiger partial charge in [0.2, 0.25) is 0 Å². The smallest absolute Gasteiger partial charge is 0.138 e. The van der Waals surface area contributed by atoms with Crippen LogP contribution in [-0.4, -0.2) is 5.78 Å². The molecule has 0 saturated heterocycles. The van der Waals surface area contributed by atoms with Crippen LogP contribution in [0.3, 0.4) is 0 Å². The van der Waals surface area contributed by atoms with Crippen LogP contribution in [0.1, 0.15) is 46.5 Å². The summed E-state index contributed by atoms with van der Waals surface area (Å²) in [6, 6.07) is 0. The molecule has 1 heteroatoms. The standard InChI is InChI=1S/C11H20O/c1-8(2)11(12)10-7-5-4-6-9(10)3/h8-10H,4-7H2,1-3H3. The van der Waals surface area contributed by atoms with Gasteiger partial charge in [-0.15, -0.1) is 0 Å². The maximum absolute atomic E-state index is 11.7. The second-order valence-corrected chi connectivity index (χ2v) is 4.43. The molecular formula is C11H20O. The number of ketones is 1. The van der Waals surface area contributed by atoms with E-state index in [1.807, 2.05) is 13.8 Å². The summed E-state index contributed by atoms with van der Waals surface area (Å²) in [5.41, 5.74) is 0. The third kappa shape index (κ3) is 2.09. The summed E-state index contributed by atoms with van der Waals surface area (Å²) in [6.07, 6.45) is 4.97. The normalized spacial score (nSPS) is 30.7. The maximum Gasteiger partial charge on any atom is 0.138 e. The van der Waals surface area contributed by atoms with E-state index < -0.39 is 0 Å². The van der Waals surface area contributed by atoms with Gasteiger partial charge in [-0.05, 0) is 12.3 Å². The zero-order chi connectivity index (χ0) is 9.14. The van der Waals surface area contributed by atoms with E-state index in [0.717, 1.165) is 6.42 Å². The highest BCUT2D eigenvalue weighted by Crippen LogP contribution is 2.31. The van der Waals surface area contributed by atoms with E-state index in [1.165, 1.54) is 19.3 Å². The van der Waals surface area contributed by atoms with Crippen LogP contribution in [-0.2, 0) is 4.79 Å². The first kappa shape index (κ1) is 9.76. The third-order valence-corrected chi connectivity index (χ3v) is 3.05. The number of hydrogen-bond donors (Lipinski definition) is 0. The molecule has 0 aromatic heterocycles. The Balaban J connectivity index is 2.53. The first-order chi connectivity index (χ1) is 5.63. The second-order valence-electron chi connectivity index (χ2n) is 4.43. The molecule has 1 fully saturated rings. The highest BCUT2D eigenvalue weighted by Gasteiger charge is 2.28. The molecule has 0 heterocycles. The first-order valence-electron chi connectivity index (χ1n) is 5.16. The van der Waals surface area contributed by atoms with Gasteiger partial charge >= 0.3 is 0 Å². The van der Waals surface area contributed by atoms with Crippen LogP contribution in [0.2, 0.25) is 0 Å². The van der Waals surface area contributed by atoms with Crippen LogP contribution >= 0.6 is 0 Å². The zero-order valence-electron chi connectivity index (χ0n) is 8.47. The predicted octanol–water partition coefficient (Wildman–Crippen LogP) is 3.04. The van der Waals surface area contributed by atoms with Gasteiger partial charge in [0.1, 0.15) is 5.78 Å². The fourth-order valence-corrected chi connectivity index (χ4v) is 2.17. The van der Waals surface area contributed by atoms with E-state index in [-0.39, 0.29) is 5.92 Å². The van der Waals surface area contributed by atoms with E-state index in [4.69, 9.17) is 0 Å². The second kappa shape index (κ2) is 4.06. The lowest BCUT2D eigenvalue weighted by Gasteiger charge is -2.28. The molecule has 1 aliphatic rings. The molecule has 2 atom stereocenters. The Labute approximate surface area is 75.5 Å². The number of carbonyl (C=O) groups excluding carboxylic acids is 1. The van der Waals surface area contributed by atoms with Gasteiger partial charge in [0.15, 0.2) is 0 Å². The Hall–Kier alpha value is -0.330. The molecule has 0 N–H and O–H groups in total. The number of carbonyl (C=O) groups is 1. The van der Waals surface area contributed by atoms with Crippen molar-refractivity contribution in [3.63, 3.8) is 0 Å². The Morgan fingerprint density at radius 1 is 1.25 bits per heavy atom. The van der Waals surface area contributed by atoms with Gasteiger partial charge in [-0.25, -0.2) is 0 Å². The molecule has 0 spiro atoms.